The molecule has 0 spiro atoms. The van der Waals surface area contributed by atoms with Gasteiger partial charge in [0.15, 0.2) is 11.0 Å². The van der Waals surface area contributed by atoms with Crippen LogP contribution in [0.5, 0.6) is 0 Å². The van der Waals surface area contributed by atoms with Crippen LogP contribution in [0.25, 0.3) is 6.08 Å². The first kappa shape index (κ1) is 21.6. The summed E-state index contributed by atoms with van der Waals surface area (Å²) in [6.07, 6.45) is 2.30. The van der Waals surface area contributed by atoms with Gasteiger partial charge in [-0.15, -0.1) is 0 Å². The maximum atomic E-state index is 13.3. The Labute approximate surface area is 190 Å². The lowest BCUT2D eigenvalue weighted by molar-refractivity contribution is -0.116. The van der Waals surface area contributed by atoms with E-state index in [-0.39, 0.29) is 11.8 Å². The molecule has 0 unspecified atom stereocenters. The molecule has 1 atom stereocenters. The van der Waals surface area contributed by atoms with Crippen LogP contribution in [-0.2, 0) is 9.59 Å². The third-order valence-electron chi connectivity index (χ3n) is 4.74. The van der Waals surface area contributed by atoms with Crippen molar-refractivity contribution in [2.75, 3.05) is 10.2 Å². The predicted octanol–water partition coefficient (Wildman–Crippen LogP) is 4.88. The molecule has 1 N–H and O–H groups in total. The van der Waals surface area contributed by atoms with Gasteiger partial charge in [-0.1, -0.05) is 72.4 Å². The lowest BCUT2D eigenvalue weighted by Crippen LogP contribution is -2.34. The minimum absolute atomic E-state index is 0.227. The van der Waals surface area contributed by atoms with Crippen molar-refractivity contribution in [3.05, 3.63) is 83.8 Å². The molecule has 162 valence electrons. The number of benzene rings is 2. The van der Waals surface area contributed by atoms with E-state index in [1.807, 2.05) is 67.6 Å². The minimum Gasteiger partial charge on any atom is -0.360 e. The fourth-order valence-corrected chi connectivity index (χ4v) is 4.20. The van der Waals surface area contributed by atoms with Gasteiger partial charge in [0.2, 0.25) is 5.91 Å². The molecule has 2 amide bonds. The molecule has 3 aromatic rings. The standard InChI is InChI=1S/C24H22N4O3S/c1-3-20(22(29)26-21-14-16(2)31-27-21)32-24-25-19(15-17-10-6-4-7-11-17)23(30)28(24)18-12-8-5-9-13-18/h4-15,20H,3H2,1-2H3,(H,26,27,29)/b19-15+/t20-/m1/s1. The molecule has 1 aliphatic rings. The molecule has 7 nitrogen and oxygen atoms in total. The Hall–Kier alpha value is -3.65. The molecule has 1 aromatic heterocycles. The number of thioether (sulfide) groups is 1. The molecule has 0 aliphatic carbocycles. The van der Waals surface area contributed by atoms with Crippen molar-refractivity contribution in [1.82, 2.24) is 5.16 Å². The van der Waals surface area contributed by atoms with Crippen LogP contribution in [0.4, 0.5) is 11.5 Å². The number of nitrogens with zero attached hydrogens (tertiary/aromatic N) is 3. The van der Waals surface area contributed by atoms with Crippen molar-refractivity contribution in [3.8, 4) is 0 Å². The molecule has 0 bridgehead atoms. The van der Waals surface area contributed by atoms with Crippen molar-refractivity contribution in [2.45, 2.75) is 25.5 Å². The average Bonchev–Trinajstić information content (AvgIpc) is 3.35. The Morgan fingerprint density at radius 3 is 2.47 bits per heavy atom. The molecule has 2 heterocycles. The van der Waals surface area contributed by atoms with E-state index < -0.39 is 5.25 Å². The number of rotatable bonds is 6. The Bertz CT molecular complexity index is 1170. The van der Waals surface area contributed by atoms with Crippen molar-refractivity contribution >= 4 is 46.3 Å². The fourth-order valence-electron chi connectivity index (χ4n) is 3.17. The molecular formula is C24H22N4O3S. The first-order valence-electron chi connectivity index (χ1n) is 10.2. The van der Waals surface area contributed by atoms with E-state index in [1.54, 1.807) is 24.0 Å². The van der Waals surface area contributed by atoms with E-state index in [0.717, 1.165) is 5.56 Å². The van der Waals surface area contributed by atoms with Crippen molar-refractivity contribution in [1.29, 1.82) is 0 Å². The minimum atomic E-state index is -0.471. The van der Waals surface area contributed by atoms with Gasteiger partial charge >= 0.3 is 0 Å². The number of carbonyl (C=O) groups is 2. The summed E-state index contributed by atoms with van der Waals surface area (Å²) in [7, 11) is 0. The summed E-state index contributed by atoms with van der Waals surface area (Å²) in [6, 6.07) is 20.5. The van der Waals surface area contributed by atoms with Gasteiger partial charge in [0, 0.05) is 6.07 Å². The molecule has 8 heteroatoms. The number of aryl methyl sites for hydroxylation is 1. The van der Waals surface area contributed by atoms with Crippen LogP contribution in [0.2, 0.25) is 0 Å². The smallest absolute Gasteiger partial charge is 0.283 e. The van der Waals surface area contributed by atoms with E-state index >= 15 is 0 Å². The number of aromatic nitrogens is 1. The Morgan fingerprint density at radius 1 is 1.16 bits per heavy atom. The second-order valence-corrected chi connectivity index (χ2v) is 8.31. The first-order valence-corrected chi connectivity index (χ1v) is 11.1. The zero-order valence-corrected chi connectivity index (χ0v) is 18.5. The maximum Gasteiger partial charge on any atom is 0.283 e. The number of hydrogen-bond donors (Lipinski definition) is 1. The van der Waals surface area contributed by atoms with Gasteiger partial charge in [-0.3, -0.25) is 14.5 Å². The van der Waals surface area contributed by atoms with Crippen LogP contribution < -0.4 is 10.2 Å². The fraction of sp³-hybridized carbons (Fsp3) is 0.167. The normalized spacial score (nSPS) is 15.7. The third kappa shape index (κ3) is 4.81. The molecule has 0 fully saturated rings. The maximum absolute atomic E-state index is 13.3. The highest BCUT2D eigenvalue weighted by molar-refractivity contribution is 8.15. The van der Waals surface area contributed by atoms with Gasteiger partial charge in [0.25, 0.3) is 5.91 Å². The molecule has 1 aliphatic heterocycles. The van der Waals surface area contributed by atoms with Crippen molar-refractivity contribution < 1.29 is 14.1 Å². The van der Waals surface area contributed by atoms with Gasteiger partial charge in [-0.05, 0) is 37.1 Å². The number of amidine groups is 1. The van der Waals surface area contributed by atoms with Crippen molar-refractivity contribution in [2.24, 2.45) is 4.99 Å². The number of hydrogen-bond acceptors (Lipinski definition) is 6. The van der Waals surface area contributed by atoms with E-state index in [1.165, 1.54) is 11.8 Å². The molecule has 2 aromatic carbocycles. The number of carbonyl (C=O) groups excluding carboxylic acids is 2. The zero-order valence-electron chi connectivity index (χ0n) is 17.7. The summed E-state index contributed by atoms with van der Waals surface area (Å²) in [5, 5.41) is 6.57. The predicted molar refractivity (Wildman–Crippen MR) is 127 cm³/mol. The lowest BCUT2D eigenvalue weighted by atomic mass is 10.2. The summed E-state index contributed by atoms with van der Waals surface area (Å²) in [5.74, 6) is 0.512. The lowest BCUT2D eigenvalue weighted by Gasteiger charge is -2.20. The van der Waals surface area contributed by atoms with Gasteiger partial charge in [0.1, 0.15) is 11.5 Å². The first-order chi connectivity index (χ1) is 15.5. The van der Waals surface area contributed by atoms with E-state index in [4.69, 9.17) is 4.52 Å². The number of aliphatic imine (C=N–C) groups is 1. The second kappa shape index (κ2) is 9.65. The quantitative estimate of drug-likeness (QED) is 0.546. The van der Waals surface area contributed by atoms with Gasteiger partial charge < -0.3 is 9.84 Å². The van der Waals surface area contributed by atoms with Gasteiger partial charge in [-0.25, -0.2) is 4.99 Å². The highest BCUT2D eigenvalue weighted by Gasteiger charge is 2.34. The Balaban J connectivity index is 1.62. The summed E-state index contributed by atoms with van der Waals surface area (Å²) in [5.41, 5.74) is 1.90. The summed E-state index contributed by atoms with van der Waals surface area (Å²) < 4.78 is 5.02. The second-order valence-electron chi connectivity index (χ2n) is 7.14. The molecule has 32 heavy (non-hydrogen) atoms. The zero-order chi connectivity index (χ0) is 22.5. The highest BCUT2D eigenvalue weighted by Crippen LogP contribution is 2.32. The van der Waals surface area contributed by atoms with Crippen molar-refractivity contribution in [3.63, 3.8) is 0 Å². The van der Waals surface area contributed by atoms with Crippen LogP contribution >= 0.6 is 11.8 Å². The third-order valence-corrected chi connectivity index (χ3v) is 6.05. The number of anilines is 2. The summed E-state index contributed by atoms with van der Waals surface area (Å²) in [4.78, 5) is 32.3. The van der Waals surface area contributed by atoms with E-state index in [0.29, 0.717) is 34.6 Å². The molecule has 0 radical (unpaired) electrons. The summed E-state index contributed by atoms with van der Waals surface area (Å²) >= 11 is 1.25. The van der Waals surface area contributed by atoms with Crippen LogP contribution in [0, 0.1) is 6.92 Å². The van der Waals surface area contributed by atoms with Crippen LogP contribution in [0.3, 0.4) is 0 Å². The highest BCUT2D eigenvalue weighted by atomic mass is 32.2. The number of para-hydroxylation sites is 1. The van der Waals surface area contributed by atoms with E-state index in [2.05, 4.69) is 15.5 Å². The SMILES string of the molecule is CC[C@@H](SC1=N/C(=C/c2ccccc2)C(=O)N1c1ccccc1)C(=O)Nc1cc(C)on1. The molecule has 0 saturated heterocycles. The summed E-state index contributed by atoms with van der Waals surface area (Å²) in [6.45, 7) is 3.67. The topological polar surface area (TPSA) is 87.8 Å². The van der Waals surface area contributed by atoms with Crippen LogP contribution in [-0.4, -0.2) is 27.4 Å². The van der Waals surface area contributed by atoms with Crippen LogP contribution in [0.1, 0.15) is 24.7 Å². The molecular weight excluding hydrogens is 424 g/mol. The molecule has 0 saturated carbocycles. The Morgan fingerprint density at radius 2 is 1.84 bits per heavy atom. The van der Waals surface area contributed by atoms with E-state index in [9.17, 15) is 9.59 Å². The van der Waals surface area contributed by atoms with Crippen LogP contribution in [0.15, 0.2) is 81.9 Å². The number of amides is 2. The monoisotopic (exact) mass is 446 g/mol. The number of nitrogens with one attached hydrogen (secondary N) is 1. The largest absolute Gasteiger partial charge is 0.360 e. The van der Waals surface area contributed by atoms with Gasteiger partial charge in [-0.2, -0.15) is 0 Å². The average molecular weight is 447 g/mol. The molecule has 4 rings (SSSR count). The van der Waals surface area contributed by atoms with Gasteiger partial charge in [0.05, 0.1) is 10.9 Å². The Kier molecular flexibility index (Phi) is 6.51.